The van der Waals surface area contributed by atoms with Gasteiger partial charge in [-0.3, -0.25) is 14.2 Å². The van der Waals surface area contributed by atoms with Crippen molar-refractivity contribution in [2.75, 3.05) is 0 Å². The van der Waals surface area contributed by atoms with Crippen LogP contribution in [-0.4, -0.2) is 15.8 Å². The van der Waals surface area contributed by atoms with Crippen molar-refractivity contribution in [2.45, 2.75) is 6.54 Å². The van der Waals surface area contributed by atoms with Crippen molar-refractivity contribution in [3.8, 4) is 11.3 Å². The summed E-state index contributed by atoms with van der Waals surface area (Å²) < 4.78 is 7.02. The second-order valence-electron chi connectivity index (χ2n) is 5.72. The third-order valence-corrected chi connectivity index (χ3v) is 4.05. The zero-order valence-electron chi connectivity index (χ0n) is 13.3. The highest BCUT2D eigenvalue weighted by Gasteiger charge is 2.09. The third-order valence-electron chi connectivity index (χ3n) is 4.05. The molecule has 2 heterocycles. The van der Waals surface area contributed by atoms with Gasteiger partial charge in [-0.2, -0.15) is 0 Å². The second-order valence-corrected chi connectivity index (χ2v) is 5.72. The minimum absolute atomic E-state index is 0.113. The van der Waals surface area contributed by atoms with Gasteiger partial charge < -0.3 is 4.42 Å². The predicted octanol–water partition coefficient (Wildman–Crippen LogP) is 3.52. The van der Waals surface area contributed by atoms with Crippen LogP contribution in [0, 0.1) is 0 Å². The molecule has 0 saturated carbocycles. The molecule has 2 aromatic carbocycles. The van der Waals surface area contributed by atoms with Crippen LogP contribution in [0.4, 0.5) is 0 Å². The summed E-state index contributed by atoms with van der Waals surface area (Å²) >= 11 is 0. The summed E-state index contributed by atoms with van der Waals surface area (Å²) in [5, 5.41) is 0.514. The minimum atomic E-state index is -0.113. The van der Waals surface area contributed by atoms with E-state index in [1.54, 1.807) is 35.2 Å². The van der Waals surface area contributed by atoms with Gasteiger partial charge in [0.2, 0.25) is 0 Å². The number of hydrogen-bond acceptors (Lipinski definition) is 4. The molecule has 0 fully saturated rings. The van der Waals surface area contributed by atoms with E-state index in [9.17, 15) is 9.59 Å². The van der Waals surface area contributed by atoms with E-state index < -0.39 is 0 Å². The molecule has 0 atom stereocenters. The fraction of sp³-hybridized carbons (Fsp3) is 0.0500. The lowest BCUT2D eigenvalue weighted by atomic mass is 10.1. The first-order valence-corrected chi connectivity index (χ1v) is 7.83. The van der Waals surface area contributed by atoms with Gasteiger partial charge in [-0.25, -0.2) is 4.98 Å². The average molecular weight is 330 g/mol. The number of benzene rings is 2. The summed E-state index contributed by atoms with van der Waals surface area (Å²) in [5.74, 6) is 0.796. The average Bonchev–Trinajstić information content (AvgIpc) is 3.14. The normalized spacial score (nSPS) is 10.9. The molecule has 25 heavy (non-hydrogen) atoms. The molecule has 0 aliphatic rings. The van der Waals surface area contributed by atoms with Crippen molar-refractivity contribution in [1.82, 2.24) is 9.55 Å². The van der Waals surface area contributed by atoms with E-state index in [1.165, 1.54) is 0 Å². The first kappa shape index (κ1) is 15.1. The molecule has 2 aromatic heterocycles. The van der Waals surface area contributed by atoms with Gasteiger partial charge in [-0.05, 0) is 35.9 Å². The number of fused-ring (bicyclic) bond motifs is 1. The molecule has 0 bridgehead atoms. The largest absolute Gasteiger partial charge is 0.453 e. The smallest absolute Gasteiger partial charge is 0.261 e. The van der Waals surface area contributed by atoms with Crippen molar-refractivity contribution in [3.63, 3.8) is 0 Å². The molecule has 0 aliphatic heterocycles. The lowest BCUT2D eigenvalue weighted by Crippen LogP contribution is -2.21. The Morgan fingerprint density at radius 2 is 1.88 bits per heavy atom. The van der Waals surface area contributed by atoms with E-state index in [-0.39, 0.29) is 11.3 Å². The molecule has 122 valence electrons. The van der Waals surface area contributed by atoms with Gasteiger partial charge in [0.25, 0.3) is 5.56 Å². The van der Waals surface area contributed by atoms with Crippen molar-refractivity contribution in [3.05, 3.63) is 88.7 Å². The van der Waals surface area contributed by atoms with E-state index in [0.29, 0.717) is 29.5 Å². The lowest BCUT2D eigenvalue weighted by molar-refractivity contribution is 0.110. The Bertz CT molecular complexity index is 1110. The lowest BCUT2D eigenvalue weighted by Gasteiger charge is -2.07. The molecule has 0 saturated heterocycles. The second kappa shape index (κ2) is 6.20. The molecule has 4 aromatic rings. The fourth-order valence-corrected chi connectivity index (χ4v) is 2.78. The first-order valence-electron chi connectivity index (χ1n) is 7.83. The van der Waals surface area contributed by atoms with Gasteiger partial charge in [0.1, 0.15) is 5.76 Å². The highest BCUT2D eigenvalue weighted by atomic mass is 16.3. The zero-order chi connectivity index (χ0) is 17.2. The molecule has 4 rings (SSSR count). The standard InChI is InChI=1S/C20H14N2O3/c23-12-16-7-9-19(25-16)15-6-8-18-17(10-15)20(24)22(13-21-18)11-14-4-2-1-3-5-14/h1-10,12-13H,11H2. The maximum atomic E-state index is 12.8. The molecule has 0 amide bonds. The van der Waals surface area contributed by atoms with E-state index in [4.69, 9.17) is 4.42 Å². The molecule has 0 spiro atoms. The Morgan fingerprint density at radius 1 is 1.04 bits per heavy atom. The van der Waals surface area contributed by atoms with Crippen LogP contribution >= 0.6 is 0 Å². The fourth-order valence-electron chi connectivity index (χ4n) is 2.78. The molecule has 0 N–H and O–H groups in total. The first-order chi connectivity index (χ1) is 12.2. The van der Waals surface area contributed by atoms with Crippen molar-refractivity contribution < 1.29 is 9.21 Å². The monoisotopic (exact) mass is 330 g/mol. The molecule has 5 nitrogen and oxygen atoms in total. The maximum Gasteiger partial charge on any atom is 0.261 e. The van der Waals surface area contributed by atoms with Crippen LogP contribution in [0.2, 0.25) is 0 Å². The quantitative estimate of drug-likeness (QED) is 0.537. The molecule has 0 unspecified atom stereocenters. The van der Waals surface area contributed by atoms with Crippen LogP contribution in [0.3, 0.4) is 0 Å². The number of rotatable bonds is 4. The van der Waals surface area contributed by atoms with Crippen LogP contribution in [0.1, 0.15) is 16.1 Å². The van der Waals surface area contributed by atoms with Crippen LogP contribution in [0.25, 0.3) is 22.2 Å². The Labute approximate surface area is 143 Å². The van der Waals surface area contributed by atoms with Crippen LogP contribution in [0.5, 0.6) is 0 Å². The molecular weight excluding hydrogens is 316 g/mol. The molecule has 5 heteroatoms. The van der Waals surface area contributed by atoms with E-state index >= 15 is 0 Å². The summed E-state index contributed by atoms with van der Waals surface area (Å²) in [7, 11) is 0. The predicted molar refractivity (Wildman–Crippen MR) is 94.6 cm³/mol. The van der Waals surface area contributed by atoms with Crippen LogP contribution in [0.15, 0.2) is 76.2 Å². The number of furan rings is 1. The third kappa shape index (κ3) is 2.87. The van der Waals surface area contributed by atoms with Crippen molar-refractivity contribution in [1.29, 1.82) is 0 Å². The Balaban J connectivity index is 1.79. The van der Waals surface area contributed by atoms with E-state index in [2.05, 4.69) is 4.98 Å². The molecular formula is C20H14N2O3. The van der Waals surface area contributed by atoms with E-state index in [0.717, 1.165) is 11.1 Å². The van der Waals surface area contributed by atoms with Gasteiger partial charge in [0, 0.05) is 5.56 Å². The highest BCUT2D eigenvalue weighted by molar-refractivity contribution is 5.83. The van der Waals surface area contributed by atoms with Gasteiger partial charge in [0.05, 0.1) is 23.8 Å². The van der Waals surface area contributed by atoms with Gasteiger partial charge in [0.15, 0.2) is 12.0 Å². The summed E-state index contributed by atoms with van der Waals surface area (Å²) in [5.41, 5.74) is 2.28. The summed E-state index contributed by atoms with van der Waals surface area (Å²) in [6.07, 6.45) is 2.22. The Kier molecular flexibility index (Phi) is 3.74. The topological polar surface area (TPSA) is 65.1 Å². The highest BCUT2D eigenvalue weighted by Crippen LogP contribution is 2.24. The zero-order valence-corrected chi connectivity index (χ0v) is 13.3. The summed E-state index contributed by atoms with van der Waals surface area (Å²) in [4.78, 5) is 28.0. The van der Waals surface area contributed by atoms with E-state index in [1.807, 2.05) is 36.4 Å². The van der Waals surface area contributed by atoms with Crippen LogP contribution < -0.4 is 5.56 Å². The Morgan fingerprint density at radius 3 is 2.64 bits per heavy atom. The number of aromatic nitrogens is 2. The number of hydrogen-bond donors (Lipinski definition) is 0. The SMILES string of the molecule is O=Cc1ccc(-c2ccc3ncn(Cc4ccccc4)c(=O)c3c2)o1. The number of nitrogens with zero attached hydrogens (tertiary/aromatic N) is 2. The minimum Gasteiger partial charge on any atom is -0.453 e. The van der Waals surface area contributed by atoms with Gasteiger partial charge in [-0.1, -0.05) is 30.3 Å². The molecule has 0 aliphatic carbocycles. The summed E-state index contributed by atoms with van der Waals surface area (Å²) in [6, 6.07) is 18.4. The number of aldehydes is 1. The Hall–Kier alpha value is -3.47. The molecule has 0 radical (unpaired) electrons. The van der Waals surface area contributed by atoms with Gasteiger partial charge >= 0.3 is 0 Å². The maximum absolute atomic E-state index is 12.8. The number of carbonyl (C=O) groups excluding carboxylic acids is 1. The van der Waals surface area contributed by atoms with Crippen molar-refractivity contribution in [2.24, 2.45) is 0 Å². The number of carbonyl (C=O) groups is 1. The summed E-state index contributed by atoms with van der Waals surface area (Å²) in [6.45, 7) is 0.461. The van der Waals surface area contributed by atoms with Crippen LogP contribution in [-0.2, 0) is 6.54 Å². The van der Waals surface area contributed by atoms with Crippen molar-refractivity contribution >= 4 is 17.2 Å². The van der Waals surface area contributed by atoms with Gasteiger partial charge in [-0.15, -0.1) is 0 Å².